The smallest absolute Gasteiger partial charge is 0.138 e. The first-order chi connectivity index (χ1) is 7.16. The molecule has 1 saturated carbocycles. The van der Waals surface area contributed by atoms with Crippen LogP contribution in [0.4, 0.5) is 0 Å². The minimum absolute atomic E-state index is 0.332. The molecule has 4 heteroatoms. The Hall–Kier alpha value is -0.800. The number of thiocarbonyl (C=S) groups is 1. The molecule has 0 atom stereocenters. The summed E-state index contributed by atoms with van der Waals surface area (Å²) in [6, 6.07) is 5.41. The molecule has 1 fully saturated rings. The van der Waals surface area contributed by atoms with Crippen LogP contribution in [-0.2, 0) is 0 Å². The van der Waals surface area contributed by atoms with Crippen molar-refractivity contribution in [3.63, 3.8) is 0 Å². The minimum atomic E-state index is 0.332. The summed E-state index contributed by atoms with van der Waals surface area (Å²) < 4.78 is 5.70. The van der Waals surface area contributed by atoms with Crippen LogP contribution in [0, 0.1) is 0 Å². The molecule has 80 valence electrons. The van der Waals surface area contributed by atoms with Gasteiger partial charge in [0.2, 0.25) is 0 Å². The van der Waals surface area contributed by atoms with Crippen LogP contribution in [0.1, 0.15) is 24.8 Å². The van der Waals surface area contributed by atoms with Crippen LogP contribution in [0.5, 0.6) is 5.75 Å². The molecule has 0 spiro atoms. The molecule has 15 heavy (non-hydrogen) atoms. The topological polar surface area (TPSA) is 35.2 Å². The Balaban J connectivity index is 2.14. The number of ether oxygens (including phenoxy) is 1. The van der Waals surface area contributed by atoms with E-state index in [-0.39, 0.29) is 0 Å². The summed E-state index contributed by atoms with van der Waals surface area (Å²) >= 11 is 10.9. The van der Waals surface area contributed by atoms with E-state index in [0.717, 1.165) is 24.2 Å². The van der Waals surface area contributed by atoms with Crippen LogP contribution in [0.25, 0.3) is 0 Å². The molecule has 0 aromatic heterocycles. The number of nitrogens with two attached hydrogens (primary N) is 1. The minimum Gasteiger partial charge on any atom is -0.489 e. The van der Waals surface area contributed by atoms with E-state index in [4.69, 9.17) is 34.3 Å². The quantitative estimate of drug-likeness (QED) is 0.827. The number of hydrogen-bond acceptors (Lipinski definition) is 2. The van der Waals surface area contributed by atoms with Gasteiger partial charge in [0.25, 0.3) is 0 Å². The van der Waals surface area contributed by atoms with Crippen molar-refractivity contribution in [2.24, 2.45) is 5.73 Å². The van der Waals surface area contributed by atoms with E-state index in [1.54, 1.807) is 6.07 Å². The predicted octanol–water partition coefficient (Wildman–Crippen LogP) is 2.91. The van der Waals surface area contributed by atoms with E-state index >= 15 is 0 Å². The van der Waals surface area contributed by atoms with Crippen molar-refractivity contribution in [3.05, 3.63) is 28.8 Å². The molecule has 1 aromatic rings. The molecule has 2 N–H and O–H groups in total. The number of benzene rings is 1. The van der Waals surface area contributed by atoms with Gasteiger partial charge >= 0.3 is 0 Å². The summed E-state index contributed by atoms with van der Waals surface area (Å²) in [5.41, 5.74) is 6.28. The monoisotopic (exact) mass is 241 g/mol. The van der Waals surface area contributed by atoms with E-state index < -0.39 is 0 Å². The highest BCUT2D eigenvalue weighted by Crippen LogP contribution is 2.31. The molecular weight excluding hydrogens is 230 g/mol. The SMILES string of the molecule is NC(=S)c1ccc(OC2CCC2)c(Cl)c1. The largest absolute Gasteiger partial charge is 0.489 e. The standard InChI is InChI=1S/C11H12ClNOS/c12-9-6-7(11(13)15)4-5-10(9)14-8-2-1-3-8/h4-6,8H,1-3H2,(H2,13,15). The Bertz CT molecular complexity index is 390. The molecule has 1 aromatic carbocycles. The zero-order valence-corrected chi connectivity index (χ0v) is 9.77. The molecule has 0 radical (unpaired) electrons. The van der Waals surface area contributed by atoms with Crippen molar-refractivity contribution in [1.29, 1.82) is 0 Å². The third kappa shape index (κ3) is 2.41. The van der Waals surface area contributed by atoms with Crippen LogP contribution in [0.2, 0.25) is 5.02 Å². The normalized spacial score (nSPS) is 15.8. The van der Waals surface area contributed by atoms with Crippen molar-refractivity contribution in [1.82, 2.24) is 0 Å². The van der Waals surface area contributed by atoms with Crippen LogP contribution in [0.3, 0.4) is 0 Å². The van der Waals surface area contributed by atoms with Gasteiger partial charge in [-0.15, -0.1) is 0 Å². The lowest BCUT2D eigenvalue weighted by Crippen LogP contribution is -2.24. The second-order valence-electron chi connectivity index (χ2n) is 3.68. The molecule has 0 aliphatic heterocycles. The van der Waals surface area contributed by atoms with Crippen molar-refractivity contribution < 1.29 is 4.74 Å². The van der Waals surface area contributed by atoms with Crippen LogP contribution in [0.15, 0.2) is 18.2 Å². The summed E-state index contributed by atoms with van der Waals surface area (Å²) in [4.78, 5) is 0.354. The van der Waals surface area contributed by atoms with Crippen molar-refractivity contribution in [2.45, 2.75) is 25.4 Å². The van der Waals surface area contributed by atoms with Crippen LogP contribution in [-0.4, -0.2) is 11.1 Å². The maximum Gasteiger partial charge on any atom is 0.138 e. The Morgan fingerprint density at radius 1 is 1.47 bits per heavy atom. The number of rotatable bonds is 3. The van der Waals surface area contributed by atoms with Crippen molar-refractivity contribution in [3.8, 4) is 5.75 Å². The van der Waals surface area contributed by atoms with Gasteiger partial charge < -0.3 is 10.5 Å². The number of hydrogen-bond donors (Lipinski definition) is 1. The van der Waals surface area contributed by atoms with E-state index in [9.17, 15) is 0 Å². The number of halogens is 1. The second kappa shape index (κ2) is 4.37. The van der Waals surface area contributed by atoms with Crippen LogP contribution >= 0.6 is 23.8 Å². The summed E-state index contributed by atoms with van der Waals surface area (Å²) in [6.07, 6.45) is 3.81. The lowest BCUT2D eigenvalue weighted by Gasteiger charge is -2.26. The Morgan fingerprint density at radius 2 is 2.20 bits per heavy atom. The molecule has 0 saturated heterocycles. The first-order valence-corrected chi connectivity index (χ1v) is 5.71. The summed E-state index contributed by atoms with van der Waals surface area (Å²) in [5, 5.41) is 0.576. The molecule has 0 heterocycles. The molecule has 2 rings (SSSR count). The lowest BCUT2D eigenvalue weighted by molar-refractivity contribution is 0.120. The van der Waals surface area contributed by atoms with Crippen molar-refractivity contribution in [2.75, 3.05) is 0 Å². The Kier molecular flexibility index (Phi) is 3.12. The van der Waals surface area contributed by atoms with Gasteiger partial charge in [0, 0.05) is 5.56 Å². The molecule has 2 nitrogen and oxygen atoms in total. The predicted molar refractivity (Wildman–Crippen MR) is 65.6 cm³/mol. The van der Waals surface area contributed by atoms with Gasteiger partial charge in [0.05, 0.1) is 11.1 Å². The van der Waals surface area contributed by atoms with Gasteiger partial charge in [-0.3, -0.25) is 0 Å². The molecule has 0 amide bonds. The van der Waals surface area contributed by atoms with E-state index in [0.29, 0.717) is 16.1 Å². The van der Waals surface area contributed by atoms with E-state index in [1.165, 1.54) is 6.42 Å². The maximum atomic E-state index is 6.06. The maximum absolute atomic E-state index is 6.06. The lowest BCUT2D eigenvalue weighted by atomic mass is 9.96. The highest BCUT2D eigenvalue weighted by atomic mass is 35.5. The third-order valence-electron chi connectivity index (χ3n) is 2.56. The fraction of sp³-hybridized carbons (Fsp3) is 0.364. The summed E-state index contributed by atoms with van der Waals surface area (Å²) in [6.45, 7) is 0. The molecular formula is C11H12ClNOS. The zero-order valence-electron chi connectivity index (χ0n) is 8.20. The fourth-order valence-electron chi connectivity index (χ4n) is 1.42. The summed E-state index contributed by atoms with van der Waals surface area (Å²) in [7, 11) is 0. The van der Waals surface area contributed by atoms with E-state index in [2.05, 4.69) is 0 Å². The Morgan fingerprint density at radius 3 is 2.67 bits per heavy atom. The van der Waals surface area contributed by atoms with Gasteiger partial charge in [0.15, 0.2) is 0 Å². The summed E-state index contributed by atoms with van der Waals surface area (Å²) in [5.74, 6) is 0.723. The van der Waals surface area contributed by atoms with Crippen LogP contribution < -0.4 is 10.5 Å². The Labute approximate surface area is 99.4 Å². The van der Waals surface area contributed by atoms with Crippen molar-refractivity contribution >= 4 is 28.8 Å². The van der Waals surface area contributed by atoms with Gasteiger partial charge in [-0.1, -0.05) is 23.8 Å². The van der Waals surface area contributed by atoms with Gasteiger partial charge in [-0.2, -0.15) is 0 Å². The zero-order chi connectivity index (χ0) is 10.8. The van der Waals surface area contributed by atoms with Gasteiger partial charge in [-0.05, 0) is 37.5 Å². The third-order valence-corrected chi connectivity index (χ3v) is 3.09. The average molecular weight is 242 g/mol. The highest BCUT2D eigenvalue weighted by molar-refractivity contribution is 7.80. The first-order valence-electron chi connectivity index (χ1n) is 4.93. The second-order valence-corrected chi connectivity index (χ2v) is 4.53. The molecule has 1 aliphatic rings. The first kappa shape index (κ1) is 10.7. The highest BCUT2D eigenvalue weighted by Gasteiger charge is 2.20. The van der Waals surface area contributed by atoms with E-state index in [1.807, 2.05) is 12.1 Å². The fourth-order valence-corrected chi connectivity index (χ4v) is 1.77. The molecule has 0 unspecified atom stereocenters. The van der Waals surface area contributed by atoms with Gasteiger partial charge in [-0.25, -0.2) is 0 Å². The van der Waals surface area contributed by atoms with Gasteiger partial charge in [0.1, 0.15) is 10.7 Å². The molecule has 1 aliphatic carbocycles. The molecule has 0 bridgehead atoms. The average Bonchev–Trinajstić information content (AvgIpc) is 2.12.